The van der Waals surface area contributed by atoms with Crippen LogP contribution < -0.4 is 5.56 Å². The molecule has 0 aromatic carbocycles. The molecule has 7 heteroatoms. The molecule has 0 unspecified atom stereocenters. The first-order valence-corrected chi connectivity index (χ1v) is 5.71. The van der Waals surface area contributed by atoms with Crippen LogP contribution >= 0.6 is 0 Å². The Morgan fingerprint density at radius 2 is 1.95 bits per heavy atom. The van der Waals surface area contributed by atoms with Crippen molar-refractivity contribution in [2.24, 2.45) is 7.05 Å². The van der Waals surface area contributed by atoms with Gasteiger partial charge in [-0.05, 0) is 26.8 Å². The molecule has 0 bridgehead atoms. The van der Waals surface area contributed by atoms with Crippen LogP contribution in [0.4, 0.5) is 0 Å². The summed E-state index contributed by atoms with van der Waals surface area (Å²) in [6, 6.07) is 2.52. The maximum absolute atomic E-state index is 12.3. The SMILES string of the molecule is Cn1nc(C(=O)N(CC(=O)O)C(C)(C)C)ccc1=O. The van der Waals surface area contributed by atoms with Crippen molar-refractivity contribution >= 4 is 11.9 Å². The molecule has 0 saturated carbocycles. The van der Waals surface area contributed by atoms with Gasteiger partial charge in [0.2, 0.25) is 0 Å². The number of carbonyl (C=O) groups is 2. The predicted molar refractivity (Wildman–Crippen MR) is 67.9 cm³/mol. The molecule has 1 aromatic rings. The zero-order valence-corrected chi connectivity index (χ0v) is 11.4. The Labute approximate surface area is 110 Å². The van der Waals surface area contributed by atoms with Crippen LogP contribution in [0.5, 0.6) is 0 Å². The Kier molecular flexibility index (Phi) is 4.08. The first-order chi connectivity index (χ1) is 8.62. The van der Waals surface area contributed by atoms with Crippen LogP contribution in [0.2, 0.25) is 0 Å². The van der Waals surface area contributed by atoms with Gasteiger partial charge in [0, 0.05) is 18.7 Å². The molecular formula is C12H17N3O4. The van der Waals surface area contributed by atoms with Crippen LogP contribution in [0.15, 0.2) is 16.9 Å². The maximum Gasteiger partial charge on any atom is 0.323 e. The number of nitrogens with zero attached hydrogens (tertiary/aromatic N) is 3. The number of aromatic nitrogens is 2. The lowest BCUT2D eigenvalue weighted by atomic mass is 10.1. The van der Waals surface area contributed by atoms with Crippen molar-refractivity contribution in [3.63, 3.8) is 0 Å². The summed E-state index contributed by atoms with van der Waals surface area (Å²) in [6.07, 6.45) is 0. The summed E-state index contributed by atoms with van der Waals surface area (Å²) in [6.45, 7) is 4.77. The van der Waals surface area contributed by atoms with E-state index in [2.05, 4.69) is 5.10 Å². The zero-order valence-electron chi connectivity index (χ0n) is 11.4. The van der Waals surface area contributed by atoms with Gasteiger partial charge in [0.1, 0.15) is 12.2 Å². The normalized spacial score (nSPS) is 11.2. The highest BCUT2D eigenvalue weighted by Gasteiger charge is 2.30. The quantitative estimate of drug-likeness (QED) is 0.838. The molecule has 7 nitrogen and oxygen atoms in total. The van der Waals surface area contributed by atoms with E-state index < -0.39 is 24.0 Å². The Balaban J connectivity index is 3.15. The third kappa shape index (κ3) is 3.64. The van der Waals surface area contributed by atoms with E-state index in [-0.39, 0.29) is 11.3 Å². The minimum Gasteiger partial charge on any atom is -0.480 e. The first-order valence-electron chi connectivity index (χ1n) is 5.71. The highest BCUT2D eigenvalue weighted by Crippen LogP contribution is 2.15. The number of carboxylic acid groups (broad SMARTS) is 1. The Morgan fingerprint density at radius 3 is 2.37 bits per heavy atom. The van der Waals surface area contributed by atoms with Crippen LogP contribution in [-0.2, 0) is 11.8 Å². The van der Waals surface area contributed by atoms with E-state index in [0.29, 0.717) is 0 Å². The summed E-state index contributed by atoms with van der Waals surface area (Å²) in [5.74, 6) is -1.63. The van der Waals surface area contributed by atoms with Crippen molar-refractivity contribution in [1.29, 1.82) is 0 Å². The second-order valence-electron chi connectivity index (χ2n) is 5.14. The molecule has 104 valence electrons. The van der Waals surface area contributed by atoms with Gasteiger partial charge in [0.15, 0.2) is 0 Å². The van der Waals surface area contributed by atoms with Crippen LogP contribution in [0.25, 0.3) is 0 Å². The molecule has 0 radical (unpaired) electrons. The predicted octanol–water partition coefficient (Wildman–Crippen LogP) is 0.106. The number of amides is 1. The summed E-state index contributed by atoms with van der Waals surface area (Å²) in [5.41, 5.74) is -0.957. The Bertz CT molecular complexity index is 557. The first kappa shape index (κ1) is 14.9. The molecule has 0 aliphatic carbocycles. The highest BCUT2D eigenvalue weighted by atomic mass is 16.4. The zero-order chi connectivity index (χ0) is 14.8. The Hall–Kier alpha value is -2.18. The highest BCUT2D eigenvalue weighted by molar-refractivity contribution is 5.94. The number of aryl methyl sites for hydroxylation is 1. The van der Waals surface area contributed by atoms with Gasteiger partial charge in [-0.15, -0.1) is 0 Å². The second kappa shape index (κ2) is 5.21. The van der Waals surface area contributed by atoms with E-state index in [1.807, 2.05) is 0 Å². The summed E-state index contributed by atoms with van der Waals surface area (Å²) < 4.78 is 1.04. The second-order valence-corrected chi connectivity index (χ2v) is 5.14. The minimum atomic E-state index is -1.10. The molecule has 0 spiro atoms. The van der Waals surface area contributed by atoms with Gasteiger partial charge in [-0.25, -0.2) is 4.68 Å². The van der Waals surface area contributed by atoms with Crippen LogP contribution in [-0.4, -0.2) is 43.7 Å². The molecule has 1 N–H and O–H groups in total. The largest absolute Gasteiger partial charge is 0.480 e. The van der Waals surface area contributed by atoms with Crippen LogP contribution in [0.3, 0.4) is 0 Å². The van der Waals surface area contributed by atoms with E-state index >= 15 is 0 Å². The van der Waals surface area contributed by atoms with Gasteiger partial charge in [0.05, 0.1) is 0 Å². The maximum atomic E-state index is 12.3. The lowest BCUT2D eigenvalue weighted by Crippen LogP contribution is -2.48. The van der Waals surface area contributed by atoms with Gasteiger partial charge in [-0.3, -0.25) is 14.4 Å². The smallest absolute Gasteiger partial charge is 0.323 e. The van der Waals surface area contributed by atoms with E-state index in [1.165, 1.54) is 24.1 Å². The number of carboxylic acids is 1. The van der Waals surface area contributed by atoms with E-state index in [4.69, 9.17) is 5.11 Å². The molecule has 1 amide bonds. The van der Waals surface area contributed by atoms with Gasteiger partial charge in [-0.2, -0.15) is 5.10 Å². The summed E-state index contributed by atoms with van der Waals surface area (Å²) in [5, 5.41) is 12.7. The Morgan fingerprint density at radius 1 is 1.37 bits per heavy atom. The van der Waals surface area contributed by atoms with E-state index in [0.717, 1.165) is 4.68 Å². The molecule has 0 fully saturated rings. The number of hydrogen-bond donors (Lipinski definition) is 1. The van der Waals surface area contributed by atoms with Crippen molar-refractivity contribution in [2.45, 2.75) is 26.3 Å². The standard InChI is InChI=1S/C12H17N3O4/c1-12(2,3)15(7-10(17)18)11(19)8-5-6-9(16)14(4)13-8/h5-6H,7H2,1-4H3,(H,17,18). The monoisotopic (exact) mass is 267 g/mol. The lowest BCUT2D eigenvalue weighted by Gasteiger charge is -2.34. The van der Waals surface area contributed by atoms with Crippen LogP contribution in [0, 0.1) is 0 Å². The number of carbonyl (C=O) groups excluding carboxylic acids is 1. The number of hydrogen-bond acceptors (Lipinski definition) is 4. The molecular weight excluding hydrogens is 250 g/mol. The lowest BCUT2D eigenvalue weighted by molar-refractivity contribution is -0.138. The number of rotatable bonds is 3. The fourth-order valence-electron chi connectivity index (χ4n) is 1.50. The van der Waals surface area contributed by atoms with Gasteiger partial charge < -0.3 is 10.0 Å². The van der Waals surface area contributed by atoms with Crippen molar-refractivity contribution in [3.8, 4) is 0 Å². The molecule has 0 aliphatic heterocycles. The molecule has 0 saturated heterocycles. The minimum absolute atomic E-state index is 0.0401. The fourth-order valence-corrected chi connectivity index (χ4v) is 1.50. The van der Waals surface area contributed by atoms with Gasteiger partial charge in [0.25, 0.3) is 11.5 Å². The molecule has 1 aromatic heterocycles. The number of aliphatic carboxylic acids is 1. The third-order valence-corrected chi connectivity index (χ3v) is 2.53. The van der Waals surface area contributed by atoms with E-state index in [9.17, 15) is 14.4 Å². The average molecular weight is 267 g/mol. The molecule has 0 aliphatic rings. The topological polar surface area (TPSA) is 92.5 Å². The molecule has 19 heavy (non-hydrogen) atoms. The van der Waals surface area contributed by atoms with Gasteiger partial charge in [-0.1, -0.05) is 0 Å². The van der Waals surface area contributed by atoms with E-state index in [1.54, 1.807) is 20.8 Å². The van der Waals surface area contributed by atoms with Crippen molar-refractivity contribution in [3.05, 3.63) is 28.2 Å². The molecule has 1 rings (SSSR count). The summed E-state index contributed by atoms with van der Waals surface area (Å²) in [4.78, 5) is 35.5. The third-order valence-electron chi connectivity index (χ3n) is 2.53. The van der Waals surface area contributed by atoms with Crippen molar-refractivity contribution in [1.82, 2.24) is 14.7 Å². The van der Waals surface area contributed by atoms with Crippen molar-refractivity contribution < 1.29 is 14.7 Å². The fraction of sp³-hybridized carbons (Fsp3) is 0.500. The summed E-state index contributed by atoms with van der Waals surface area (Å²) >= 11 is 0. The molecule has 1 heterocycles. The average Bonchev–Trinajstić information content (AvgIpc) is 2.27. The summed E-state index contributed by atoms with van der Waals surface area (Å²) in [7, 11) is 1.43. The van der Waals surface area contributed by atoms with Crippen molar-refractivity contribution in [2.75, 3.05) is 6.54 Å². The van der Waals surface area contributed by atoms with Crippen LogP contribution in [0.1, 0.15) is 31.3 Å². The van der Waals surface area contributed by atoms with Gasteiger partial charge >= 0.3 is 5.97 Å². The molecule has 0 atom stereocenters.